The number of nitrogens with zero attached hydrogens (tertiary/aromatic N) is 1. The maximum atomic E-state index is 11.8. The van der Waals surface area contributed by atoms with Crippen LogP contribution in [0.1, 0.15) is 5.56 Å². The first kappa shape index (κ1) is 11.8. The molecule has 15 heavy (non-hydrogen) atoms. The SMILES string of the molecule is CNCc1ccc(OCC(F)(F)F)nc1. The van der Waals surface area contributed by atoms with Gasteiger partial charge in [0.25, 0.3) is 0 Å². The molecule has 1 heterocycles. The van der Waals surface area contributed by atoms with Gasteiger partial charge in [-0.25, -0.2) is 4.98 Å². The maximum Gasteiger partial charge on any atom is 0.422 e. The summed E-state index contributed by atoms with van der Waals surface area (Å²) in [6.45, 7) is -0.697. The van der Waals surface area contributed by atoms with E-state index in [1.54, 1.807) is 13.1 Å². The molecule has 3 nitrogen and oxygen atoms in total. The van der Waals surface area contributed by atoms with Crippen molar-refractivity contribution in [3.8, 4) is 5.88 Å². The van der Waals surface area contributed by atoms with Crippen LogP contribution in [0.15, 0.2) is 18.3 Å². The molecule has 1 aromatic heterocycles. The average Bonchev–Trinajstić information content (AvgIpc) is 2.16. The lowest BCUT2D eigenvalue weighted by Crippen LogP contribution is -2.19. The van der Waals surface area contributed by atoms with E-state index in [1.165, 1.54) is 12.3 Å². The van der Waals surface area contributed by atoms with Gasteiger partial charge in [-0.1, -0.05) is 6.07 Å². The fourth-order valence-corrected chi connectivity index (χ4v) is 0.961. The molecule has 0 atom stereocenters. The van der Waals surface area contributed by atoms with Crippen LogP contribution in [-0.4, -0.2) is 24.8 Å². The van der Waals surface area contributed by atoms with Crippen molar-refractivity contribution in [3.63, 3.8) is 0 Å². The van der Waals surface area contributed by atoms with E-state index >= 15 is 0 Å². The van der Waals surface area contributed by atoms with Gasteiger partial charge in [-0.05, 0) is 12.6 Å². The third-order valence-electron chi connectivity index (χ3n) is 1.56. The highest BCUT2D eigenvalue weighted by Crippen LogP contribution is 2.16. The summed E-state index contributed by atoms with van der Waals surface area (Å²) in [7, 11) is 1.77. The van der Waals surface area contributed by atoms with Crippen molar-refractivity contribution < 1.29 is 17.9 Å². The van der Waals surface area contributed by atoms with Crippen molar-refractivity contribution in [3.05, 3.63) is 23.9 Å². The zero-order valence-corrected chi connectivity index (χ0v) is 8.14. The molecule has 1 aromatic rings. The van der Waals surface area contributed by atoms with Gasteiger partial charge in [0.1, 0.15) is 0 Å². The molecule has 0 aliphatic carbocycles. The Balaban J connectivity index is 2.50. The number of hydrogen-bond donors (Lipinski definition) is 1. The van der Waals surface area contributed by atoms with E-state index in [-0.39, 0.29) is 5.88 Å². The van der Waals surface area contributed by atoms with Crippen LogP contribution in [-0.2, 0) is 6.54 Å². The largest absolute Gasteiger partial charge is 0.468 e. The van der Waals surface area contributed by atoms with Crippen LogP contribution < -0.4 is 10.1 Å². The minimum atomic E-state index is -4.33. The molecule has 0 aliphatic rings. The monoisotopic (exact) mass is 220 g/mol. The van der Waals surface area contributed by atoms with E-state index < -0.39 is 12.8 Å². The van der Waals surface area contributed by atoms with Gasteiger partial charge >= 0.3 is 6.18 Å². The van der Waals surface area contributed by atoms with Crippen molar-refractivity contribution in [1.82, 2.24) is 10.3 Å². The molecule has 0 saturated carbocycles. The molecule has 6 heteroatoms. The molecule has 0 amide bonds. The highest BCUT2D eigenvalue weighted by atomic mass is 19.4. The molecule has 0 fully saturated rings. The molecule has 84 valence electrons. The van der Waals surface area contributed by atoms with Crippen LogP contribution in [0, 0.1) is 0 Å². The van der Waals surface area contributed by atoms with Gasteiger partial charge in [0.2, 0.25) is 5.88 Å². The van der Waals surface area contributed by atoms with E-state index in [9.17, 15) is 13.2 Å². The Labute approximate surface area is 85.3 Å². The molecular weight excluding hydrogens is 209 g/mol. The van der Waals surface area contributed by atoms with Crippen molar-refractivity contribution in [2.75, 3.05) is 13.7 Å². The summed E-state index contributed by atoms with van der Waals surface area (Å²) >= 11 is 0. The molecule has 0 spiro atoms. The van der Waals surface area contributed by atoms with Crippen LogP contribution in [0.4, 0.5) is 13.2 Å². The molecule has 0 aromatic carbocycles. The number of pyridine rings is 1. The molecule has 0 saturated heterocycles. The zero-order chi connectivity index (χ0) is 11.3. The maximum absolute atomic E-state index is 11.8. The molecule has 1 N–H and O–H groups in total. The van der Waals surface area contributed by atoms with Crippen molar-refractivity contribution in [2.24, 2.45) is 0 Å². The predicted molar refractivity (Wildman–Crippen MR) is 48.6 cm³/mol. The van der Waals surface area contributed by atoms with Crippen LogP contribution >= 0.6 is 0 Å². The zero-order valence-electron chi connectivity index (χ0n) is 8.14. The molecule has 0 radical (unpaired) electrons. The number of halogens is 3. The lowest BCUT2D eigenvalue weighted by atomic mass is 10.3. The van der Waals surface area contributed by atoms with Crippen LogP contribution in [0.2, 0.25) is 0 Å². The Hall–Kier alpha value is -1.30. The third-order valence-corrected chi connectivity index (χ3v) is 1.56. The van der Waals surface area contributed by atoms with E-state index in [4.69, 9.17) is 0 Å². The summed E-state index contributed by atoms with van der Waals surface area (Å²) in [5.74, 6) is -0.0211. The second-order valence-electron chi connectivity index (χ2n) is 2.94. The lowest BCUT2D eigenvalue weighted by Gasteiger charge is -2.08. The number of aromatic nitrogens is 1. The van der Waals surface area contributed by atoms with Crippen molar-refractivity contribution in [2.45, 2.75) is 12.7 Å². The fraction of sp³-hybridized carbons (Fsp3) is 0.444. The van der Waals surface area contributed by atoms with Crippen molar-refractivity contribution >= 4 is 0 Å². The Morgan fingerprint density at radius 3 is 2.60 bits per heavy atom. The van der Waals surface area contributed by atoms with Gasteiger partial charge < -0.3 is 10.1 Å². The molecule has 1 rings (SSSR count). The first-order valence-corrected chi connectivity index (χ1v) is 4.30. The Bertz CT molecular complexity index is 297. The Kier molecular flexibility index (Phi) is 3.90. The Morgan fingerprint density at radius 2 is 2.13 bits per heavy atom. The minimum absolute atomic E-state index is 0.0211. The van der Waals surface area contributed by atoms with Gasteiger partial charge in [-0.2, -0.15) is 13.2 Å². The Morgan fingerprint density at radius 1 is 1.40 bits per heavy atom. The highest BCUT2D eigenvalue weighted by Gasteiger charge is 2.28. The third kappa shape index (κ3) is 4.64. The van der Waals surface area contributed by atoms with E-state index in [1.807, 2.05) is 0 Å². The van der Waals surface area contributed by atoms with E-state index in [2.05, 4.69) is 15.0 Å². The first-order valence-electron chi connectivity index (χ1n) is 4.30. The fourth-order valence-electron chi connectivity index (χ4n) is 0.961. The lowest BCUT2D eigenvalue weighted by molar-refractivity contribution is -0.154. The van der Waals surface area contributed by atoms with E-state index in [0.717, 1.165) is 5.56 Å². The van der Waals surface area contributed by atoms with E-state index in [0.29, 0.717) is 6.54 Å². The summed E-state index contributed by atoms with van der Waals surface area (Å²) in [4.78, 5) is 3.74. The molecular formula is C9H11F3N2O. The number of hydrogen-bond acceptors (Lipinski definition) is 3. The molecule has 0 bridgehead atoms. The smallest absolute Gasteiger partial charge is 0.422 e. The quantitative estimate of drug-likeness (QED) is 0.839. The number of alkyl halides is 3. The van der Waals surface area contributed by atoms with Crippen LogP contribution in [0.5, 0.6) is 5.88 Å². The number of ether oxygens (including phenoxy) is 1. The van der Waals surface area contributed by atoms with Gasteiger partial charge in [0, 0.05) is 18.8 Å². The first-order chi connectivity index (χ1) is 7.01. The summed E-state index contributed by atoms with van der Waals surface area (Å²) in [5.41, 5.74) is 0.886. The topological polar surface area (TPSA) is 34.1 Å². The second kappa shape index (κ2) is 4.97. The van der Waals surface area contributed by atoms with Gasteiger partial charge in [-0.15, -0.1) is 0 Å². The van der Waals surface area contributed by atoms with Gasteiger partial charge in [0.15, 0.2) is 6.61 Å². The standard InChI is InChI=1S/C9H11F3N2O/c1-13-4-7-2-3-8(14-5-7)15-6-9(10,11)12/h2-3,5,13H,4,6H2,1H3. The summed E-state index contributed by atoms with van der Waals surface area (Å²) < 4.78 is 39.8. The highest BCUT2D eigenvalue weighted by molar-refractivity contribution is 5.17. The second-order valence-corrected chi connectivity index (χ2v) is 2.94. The summed E-state index contributed by atoms with van der Waals surface area (Å²) in [6, 6.07) is 3.08. The number of rotatable bonds is 4. The predicted octanol–water partition coefficient (Wildman–Crippen LogP) is 1.74. The van der Waals surface area contributed by atoms with Crippen LogP contribution in [0.3, 0.4) is 0 Å². The van der Waals surface area contributed by atoms with Gasteiger partial charge in [0.05, 0.1) is 0 Å². The van der Waals surface area contributed by atoms with Gasteiger partial charge in [-0.3, -0.25) is 0 Å². The molecule has 0 aliphatic heterocycles. The summed E-state index contributed by atoms with van der Waals surface area (Å²) in [6.07, 6.45) is -2.85. The number of nitrogens with one attached hydrogen (secondary N) is 1. The minimum Gasteiger partial charge on any atom is -0.468 e. The normalized spacial score (nSPS) is 11.5. The van der Waals surface area contributed by atoms with Crippen LogP contribution in [0.25, 0.3) is 0 Å². The van der Waals surface area contributed by atoms with Crippen molar-refractivity contribution in [1.29, 1.82) is 0 Å². The summed E-state index contributed by atoms with van der Waals surface area (Å²) in [5, 5.41) is 2.90. The molecule has 0 unspecified atom stereocenters. The average molecular weight is 220 g/mol.